The lowest BCUT2D eigenvalue weighted by Crippen LogP contribution is -2.49. The van der Waals surface area contributed by atoms with Crippen molar-refractivity contribution >= 4 is 29.3 Å². The van der Waals surface area contributed by atoms with E-state index in [-0.39, 0.29) is 11.9 Å². The van der Waals surface area contributed by atoms with E-state index in [0.717, 1.165) is 43.5 Å². The molecule has 0 spiro atoms. The van der Waals surface area contributed by atoms with Crippen molar-refractivity contribution in [2.75, 3.05) is 18.0 Å². The van der Waals surface area contributed by atoms with E-state index in [1.165, 1.54) is 5.56 Å². The van der Waals surface area contributed by atoms with Gasteiger partial charge in [-0.2, -0.15) is 0 Å². The highest BCUT2D eigenvalue weighted by Gasteiger charge is 2.28. The van der Waals surface area contributed by atoms with Gasteiger partial charge in [-0.05, 0) is 37.0 Å². The van der Waals surface area contributed by atoms with E-state index < -0.39 is 0 Å². The van der Waals surface area contributed by atoms with Crippen LogP contribution < -0.4 is 10.2 Å². The third-order valence-corrected chi connectivity index (χ3v) is 5.76. The molecule has 5 heteroatoms. The second-order valence-electron chi connectivity index (χ2n) is 7.99. The summed E-state index contributed by atoms with van der Waals surface area (Å²) in [6.07, 6.45) is 7.49. The van der Waals surface area contributed by atoms with Gasteiger partial charge in [-0.15, -0.1) is 0 Å². The number of hydrogen-bond acceptors (Lipinski definition) is 4. The number of Topliss-reactive ketones (excluding diaryl/α,β-unsaturated/α-hetero) is 1. The fourth-order valence-corrected chi connectivity index (χ4v) is 3.97. The predicted octanol–water partition coefficient (Wildman–Crippen LogP) is 4.87. The second kappa shape index (κ2) is 12.0. The molecule has 1 aliphatic rings. The SMILES string of the molecule is CCC(=O)CCCCCC(C(=O)NCCc1ccccc1)N1CC=Nc2ccccc21. The first-order chi connectivity index (χ1) is 15.2. The number of hydrogen-bond donors (Lipinski definition) is 1. The number of carbonyl (C=O) groups excluding carboxylic acids is 2. The van der Waals surface area contributed by atoms with Crippen LogP contribution in [0.5, 0.6) is 0 Å². The highest BCUT2D eigenvalue weighted by atomic mass is 16.2. The molecule has 2 aromatic carbocycles. The molecule has 0 saturated heterocycles. The minimum absolute atomic E-state index is 0.0608. The number of nitrogens with zero attached hydrogens (tertiary/aromatic N) is 2. The number of fused-ring (bicyclic) bond motifs is 1. The number of anilines is 1. The molecule has 0 aliphatic carbocycles. The molecule has 0 bridgehead atoms. The van der Waals surface area contributed by atoms with Crippen LogP contribution >= 0.6 is 0 Å². The molecule has 1 N–H and O–H groups in total. The maximum absolute atomic E-state index is 13.2. The van der Waals surface area contributed by atoms with Crippen LogP contribution in [0.3, 0.4) is 0 Å². The zero-order valence-corrected chi connectivity index (χ0v) is 18.4. The van der Waals surface area contributed by atoms with Gasteiger partial charge in [0.25, 0.3) is 0 Å². The minimum atomic E-state index is -0.245. The number of aliphatic imine (C=N–C) groups is 1. The quantitative estimate of drug-likeness (QED) is 0.500. The Morgan fingerprint density at radius 2 is 1.81 bits per heavy atom. The first-order valence-electron chi connectivity index (χ1n) is 11.4. The highest BCUT2D eigenvalue weighted by molar-refractivity contribution is 5.90. The number of nitrogens with one attached hydrogen (secondary N) is 1. The Bertz CT molecular complexity index is 879. The zero-order chi connectivity index (χ0) is 21.9. The number of ketones is 1. The lowest BCUT2D eigenvalue weighted by molar-refractivity contribution is -0.122. The maximum atomic E-state index is 13.2. The van der Waals surface area contributed by atoms with Gasteiger partial charge in [0, 0.05) is 25.6 Å². The Kier molecular flexibility index (Phi) is 8.83. The standard InChI is InChI=1S/C26H33N3O2/c1-2-22(30)13-7-4-8-16-25(26(31)28-18-17-21-11-5-3-6-12-21)29-20-19-27-23-14-9-10-15-24(23)29/h3,5-6,9-12,14-15,19,25H,2,4,7-8,13,16-18,20H2,1H3,(H,28,31). The van der Waals surface area contributed by atoms with Gasteiger partial charge in [0.2, 0.25) is 5.91 Å². The molecule has 5 nitrogen and oxygen atoms in total. The van der Waals surface area contributed by atoms with E-state index >= 15 is 0 Å². The molecule has 3 rings (SSSR count). The van der Waals surface area contributed by atoms with Crippen LogP contribution in [0.4, 0.5) is 11.4 Å². The molecule has 31 heavy (non-hydrogen) atoms. The fourth-order valence-electron chi connectivity index (χ4n) is 3.97. The Balaban J connectivity index is 1.61. The van der Waals surface area contributed by atoms with E-state index in [1.54, 1.807) is 0 Å². The Morgan fingerprint density at radius 1 is 1.03 bits per heavy atom. The summed E-state index contributed by atoms with van der Waals surface area (Å²) in [5.41, 5.74) is 3.13. The van der Waals surface area contributed by atoms with Crippen molar-refractivity contribution in [3.8, 4) is 0 Å². The zero-order valence-electron chi connectivity index (χ0n) is 18.4. The van der Waals surface area contributed by atoms with E-state index in [9.17, 15) is 9.59 Å². The Labute approximate surface area is 185 Å². The van der Waals surface area contributed by atoms with E-state index in [2.05, 4.69) is 27.3 Å². The Hall–Kier alpha value is -2.95. The van der Waals surface area contributed by atoms with Gasteiger partial charge in [-0.3, -0.25) is 14.6 Å². The first-order valence-corrected chi connectivity index (χ1v) is 11.4. The van der Waals surface area contributed by atoms with Crippen LogP contribution in [0.15, 0.2) is 59.6 Å². The number of para-hydroxylation sites is 2. The van der Waals surface area contributed by atoms with Crippen molar-refractivity contribution in [1.29, 1.82) is 0 Å². The van der Waals surface area contributed by atoms with Gasteiger partial charge in [0.15, 0.2) is 0 Å². The minimum Gasteiger partial charge on any atom is -0.354 e. The summed E-state index contributed by atoms with van der Waals surface area (Å²) >= 11 is 0. The van der Waals surface area contributed by atoms with Crippen LogP contribution in [0.1, 0.15) is 51.0 Å². The molecule has 0 radical (unpaired) electrons. The van der Waals surface area contributed by atoms with Crippen molar-refractivity contribution in [3.63, 3.8) is 0 Å². The third-order valence-electron chi connectivity index (χ3n) is 5.76. The van der Waals surface area contributed by atoms with Crippen LogP contribution in [-0.4, -0.2) is 37.0 Å². The van der Waals surface area contributed by atoms with E-state index in [4.69, 9.17) is 0 Å². The summed E-state index contributed by atoms with van der Waals surface area (Å²) in [4.78, 5) is 31.4. The number of rotatable bonds is 12. The monoisotopic (exact) mass is 419 g/mol. The lowest BCUT2D eigenvalue weighted by atomic mass is 10.0. The average Bonchev–Trinajstić information content (AvgIpc) is 2.81. The van der Waals surface area contributed by atoms with E-state index in [1.807, 2.05) is 55.6 Å². The normalized spacial score (nSPS) is 13.5. The molecule has 1 unspecified atom stereocenters. The van der Waals surface area contributed by atoms with Crippen molar-refractivity contribution in [2.45, 2.75) is 57.9 Å². The molecule has 2 aromatic rings. The molecule has 1 amide bonds. The summed E-state index contributed by atoms with van der Waals surface area (Å²) in [6, 6.07) is 18.0. The third kappa shape index (κ3) is 6.78. The second-order valence-corrected chi connectivity index (χ2v) is 7.99. The van der Waals surface area contributed by atoms with Crippen molar-refractivity contribution in [3.05, 3.63) is 60.2 Å². The van der Waals surface area contributed by atoms with Crippen molar-refractivity contribution < 1.29 is 9.59 Å². The van der Waals surface area contributed by atoms with Gasteiger partial charge in [-0.1, -0.05) is 62.2 Å². The highest BCUT2D eigenvalue weighted by Crippen LogP contribution is 2.32. The first kappa shape index (κ1) is 22.7. The molecule has 1 heterocycles. The van der Waals surface area contributed by atoms with Gasteiger partial charge in [-0.25, -0.2) is 0 Å². The maximum Gasteiger partial charge on any atom is 0.242 e. The molecule has 0 aromatic heterocycles. The summed E-state index contributed by atoms with van der Waals surface area (Å²) in [7, 11) is 0. The van der Waals surface area contributed by atoms with E-state index in [0.29, 0.717) is 31.7 Å². The molecule has 0 fully saturated rings. The van der Waals surface area contributed by atoms with Crippen LogP contribution in [0, 0.1) is 0 Å². The summed E-state index contributed by atoms with van der Waals surface area (Å²) < 4.78 is 0. The summed E-state index contributed by atoms with van der Waals surface area (Å²) in [6.45, 7) is 3.16. The Morgan fingerprint density at radius 3 is 2.61 bits per heavy atom. The summed E-state index contributed by atoms with van der Waals surface area (Å²) in [5.74, 6) is 0.377. The topological polar surface area (TPSA) is 61.8 Å². The molecule has 1 atom stereocenters. The molecular formula is C26H33N3O2. The molecule has 0 saturated carbocycles. The van der Waals surface area contributed by atoms with Crippen LogP contribution in [0.25, 0.3) is 0 Å². The van der Waals surface area contributed by atoms with Gasteiger partial charge in [0.1, 0.15) is 11.8 Å². The van der Waals surface area contributed by atoms with Crippen LogP contribution in [0.2, 0.25) is 0 Å². The fraction of sp³-hybridized carbons (Fsp3) is 0.423. The number of benzene rings is 2. The summed E-state index contributed by atoms with van der Waals surface area (Å²) in [5, 5.41) is 3.15. The average molecular weight is 420 g/mol. The molecule has 1 aliphatic heterocycles. The molecule has 164 valence electrons. The number of unbranched alkanes of at least 4 members (excludes halogenated alkanes) is 2. The van der Waals surface area contributed by atoms with Crippen molar-refractivity contribution in [2.24, 2.45) is 4.99 Å². The van der Waals surface area contributed by atoms with Gasteiger partial charge in [0.05, 0.1) is 17.9 Å². The largest absolute Gasteiger partial charge is 0.354 e. The lowest BCUT2D eigenvalue weighted by Gasteiger charge is -2.34. The predicted molar refractivity (Wildman–Crippen MR) is 127 cm³/mol. The van der Waals surface area contributed by atoms with Crippen molar-refractivity contribution in [1.82, 2.24) is 5.32 Å². The number of amides is 1. The smallest absolute Gasteiger partial charge is 0.242 e. The van der Waals surface area contributed by atoms with Gasteiger partial charge < -0.3 is 10.2 Å². The number of carbonyl (C=O) groups is 2. The van der Waals surface area contributed by atoms with Crippen LogP contribution in [-0.2, 0) is 16.0 Å². The molecular weight excluding hydrogens is 386 g/mol. The van der Waals surface area contributed by atoms with Gasteiger partial charge >= 0.3 is 0 Å².